The minimum atomic E-state index is -3.62. The van der Waals surface area contributed by atoms with E-state index >= 15 is 0 Å². The van der Waals surface area contributed by atoms with Crippen molar-refractivity contribution in [2.75, 3.05) is 0 Å². The van der Waals surface area contributed by atoms with Crippen LogP contribution in [-0.2, 0) is 16.6 Å². The lowest BCUT2D eigenvalue weighted by molar-refractivity contribution is 0.573. The molecule has 0 bridgehead atoms. The molecule has 0 saturated heterocycles. The minimum absolute atomic E-state index is 0.0496. The summed E-state index contributed by atoms with van der Waals surface area (Å²) in [5, 5.41) is -0.889. The van der Waals surface area contributed by atoms with E-state index in [0.717, 1.165) is 0 Å². The molecule has 112 valence electrons. The van der Waals surface area contributed by atoms with E-state index in [1.54, 1.807) is 32.9 Å². The number of hydrogen-bond acceptors (Lipinski definition) is 3. The van der Waals surface area contributed by atoms with Gasteiger partial charge in [0.15, 0.2) is 0 Å². The Balaban J connectivity index is 2.89. The van der Waals surface area contributed by atoms with Gasteiger partial charge in [-0.1, -0.05) is 31.3 Å². The average Bonchev–Trinajstić information content (AvgIpc) is 2.33. The fraction of sp³-hybridized carbons (Fsp3) is 0.462. The highest BCUT2D eigenvalue weighted by molar-refractivity contribution is 7.93. The largest absolute Gasteiger partial charge is 0.392 e. The summed E-state index contributed by atoms with van der Waals surface area (Å²) in [6.45, 7) is 5.08. The molecule has 0 heterocycles. The van der Waals surface area contributed by atoms with Crippen molar-refractivity contribution in [3.05, 3.63) is 34.6 Å². The summed E-state index contributed by atoms with van der Waals surface area (Å²) in [7, 11) is -3.62. The molecule has 1 atom stereocenters. The van der Waals surface area contributed by atoms with Crippen LogP contribution in [0.5, 0.6) is 0 Å². The molecule has 3 N–H and O–H groups in total. The van der Waals surface area contributed by atoms with Gasteiger partial charge in [0, 0.05) is 6.54 Å². The van der Waals surface area contributed by atoms with Crippen LogP contribution in [0.25, 0.3) is 0 Å². The van der Waals surface area contributed by atoms with Crippen LogP contribution in [0.15, 0.2) is 12.1 Å². The third-order valence-corrected chi connectivity index (χ3v) is 5.35. The molecule has 0 radical (unpaired) electrons. The number of rotatable bonds is 6. The Labute approximate surface area is 124 Å². The van der Waals surface area contributed by atoms with Gasteiger partial charge >= 0.3 is 0 Å². The maximum absolute atomic E-state index is 13.5. The van der Waals surface area contributed by atoms with Gasteiger partial charge in [-0.3, -0.25) is 0 Å². The molecule has 0 amide bonds. The molecule has 20 heavy (non-hydrogen) atoms. The molecule has 0 aliphatic heterocycles. The first-order valence-electron chi connectivity index (χ1n) is 6.22. The van der Waals surface area contributed by atoms with Crippen LogP contribution in [0.4, 0.5) is 4.39 Å². The maximum Gasteiger partial charge on any atom is 0.221 e. The van der Waals surface area contributed by atoms with Crippen molar-refractivity contribution >= 4 is 27.2 Å². The molecule has 0 spiro atoms. The number of nitrogens with two attached hydrogens (primary N) is 1. The highest BCUT2D eigenvalue weighted by Crippen LogP contribution is 2.15. The molecule has 1 aromatic rings. The number of halogens is 1. The highest BCUT2D eigenvalue weighted by atomic mass is 32.2. The summed E-state index contributed by atoms with van der Waals surface area (Å²) in [5.74, 6) is -0.272. The average molecular weight is 318 g/mol. The standard InChI is InChI=1S/C13H19FN2O2S2/c1-4-11(13(15)19)20(17,18)16-7-10-5-8(2)12(14)9(3)6-10/h5-6,11,16H,4,7H2,1-3H3,(H2,15,19). The van der Waals surface area contributed by atoms with E-state index in [4.69, 9.17) is 18.0 Å². The molecule has 4 nitrogen and oxygen atoms in total. The van der Waals surface area contributed by atoms with Gasteiger partial charge in [-0.25, -0.2) is 17.5 Å². The predicted octanol–water partition coefficient (Wildman–Crippen LogP) is 1.93. The third-order valence-electron chi connectivity index (χ3n) is 3.04. The topological polar surface area (TPSA) is 72.2 Å². The van der Waals surface area contributed by atoms with Gasteiger partial charge in [0.05, 0.1) is 4.99 Å². The van der Waals surface area contributed by atoms with Crippen LogP contribution >= 0.6 is 12.2 Å². The number of hydrogen-bond donors (Lipinski definition) is 2. The van der Waals surface area contributed by atoms with E-state index in [0.29, 0.717) is 23.1 Å². The Morgan fingerprint density at radius 1 is 1.40 bits per heavy atom. The maximum atomic E-state index is 13.5. The lowest BCUT2D eigenvalue weighted by Gasteiger charge is -2.15. The Morgan fingerprint density at radius 3 is 2.30 bits per heavy atom. The number of thiocarbonyl (C=S) groups is 1. The van der Waals surface area contributed by atoms with Crippen molar-refractivity contribution in [1.29, 1.82) is 0 Å². The van der Waals surface area contributed by atoms with Crippen molar-refractivity contribution in [1.82, 2.24) is 4.72 Å². The Bertz CT molecular complexity index is 592. The van der Waals surface area contributed by atoms with E-state index in [9.17, 15) is 12.8 Å². The number of benzene rings is 1. The van der Waals surface area contributed by atoms with Crippen LogP contribution < -0.4 is 10.5 Å². The summed E-state index contributed by atoms with van der Waals surface area (Å²) in [4.78, 5) is -0.0496. The molecular weight excluding hydrogens is 299 g/mol. The van der Waals surface area contributed by atoms with E-state index in [2.05, 4.69) is 4.72 Å². The normalized spacial score (nSPS) is 13.2. The first-order chi connectivity index (χ1) is 9.19. The summed E-state index contributed by atoms with van der Waals surface area (Å²) in [6.07, 6.45) is 0.312. The molecule has 0 saturated carbocycles. The van der Waals surface area contributed by atoms with Gasteiger partial charge < -0.3 is 5.73 Å². The van der Waals surface area contributed by atoms with Gasteiger partial charge in [-0.05, 0) is 37.0 Å². The van der Waals surface area contributed by atoms with Gasteiger partial charge in [0.2, 0.25) is 10.0 Å². The monoisotopic (exact) mass is 318 g/mol. The van der Waals surface area contributed by atoms with Crippen molar-refractivity contribution < 1.29 is 12.8 Å². The highest BCUT2D eigenvalue weighted by Gasteiger charge is 2.25. The predicted molar refractivity (Wildman–Crippen MR) is 82.5 cm³/mol. The van der Waals surface area contributed by atoms with E-state index in [1.165, 1.54) is 0 Å². The van der Waals surface area contributed by atoms with Gasteiger partial charge in [0.1, 0.15) is 11.1 Å². The van der Waals surface area contributed by atoms with E-state index in [-0.39, 0.29) is 17.4 Å². The molecule has 1 aromatic carbocycles. The zero-order valence-corrected chi connectivity index (χ0v) is 13.4. The van der Waals surface area contributed by atoms with Gasteiger partial charge in [-0.2, -0.15) is 0 Å². The van der Waals surface area contributed by atoms with Crippen LogP contribution in [0, 0.1) is 19.7 Å². The summed E-state index contributed by atoms with van der Waals surface area (Å²) in [5.41, 5.74) is 7.10. The lowest BCUT2D eigenvalue weighted by atomic mass is 10.1. The zero-order valence-electron chi connectivity index (χ0n) is 11.7. The van der Waals surface area contributed by atoms with Crippen LogP contribution in [0.1, 0.15) is 30.0 Å². The van der Waals surface area contributed by atoms with Crippen molar-refractivity contribution in [3.8, 4) is 0 Å². The molecule has 1 rings (SSSR count). The molecule has 7 heteroatoms. The second-order valence-corrected chi connectivity index (χ2v) is 7.13. The summed E-state index contributed by atoms with van der Waals surface area (Å²) in [6, 6.07) is 3.24. The van der Waals surface area contributed by atoms with Crippen LogP contribution in [0.2, 0.25) is 0 Å². The van der Waals surface area contributed by atoms with Crippen LogP contribution in [-0.4, -0.2) is 18.7 Å². The van der Waals surface area contributed by atoms with Crippen molar-refractivity contribution in [2.45, 2.75) is 39.0 Å². The molecular formula is C13H19FN2O2S2. The molecule has 0 aliphatic carbocycles. The smallest absolute Gasteiger partial charge is 0.221 e. The molecule has 1 unspecified atom stereocenters. The second kappa shape index (κ2) is 6.60. The quantitative estimate of drug-likeness (QED) is 0.786. The molecule has 0 aliphatic rings. The number of nitrogens with one attached hydrogen (secondary N) is 1. The Morgan fingerprint density at radius 2 is 1.90 bits per heavy atom. The SMILES string of the molecule is CCC(C(N)=S)S(=O)(=O)NCc1cc(C)c(F)c(C)c1. The van der Waals surface area contributed by atoms with Crippen molar-refractivity contribution in [2.24, 2.45) is 5.73 Å². The van der Waals surface area contributed by atoms with Gasteiger partial charge in [0.25, 0.3) is 0 Å². The Hall–Kier alpha value is -1.05. The molecule has 0 aromatic heterocycles. The Kier molecular flexibility index (Phi) is 5.61. The fourth-order valence-corrected chi connectivity index (χ4v) is 3.86. The lowest BCUT2D eigenvalue weighted by Crippen LogP contribution is -2.41. The first-order valence-corrected chi connectivity index (χ1v) is 8.18. The molecule has 0 fully saturated rings. The summed E-state index contributed by atoms with van der Waals surface area (Å²) >= 11 is 4.76. The van der Waals surface area contributed by atoms with Crippen LogP contribution in [0.3, 0.4) is 0 Å². The van der Waals surface area contributed by atoms with Gasteiger partial charge in [-0.15, -0.1) is 0 Å². The van der Waals surface area contributed by atoms with E-state index < -0.39 is 15.3 Å². The van der Waals surface area contributed by atoms with E-state index in [1.807, 2.05) is 0 Å². The number of sulfonamides is 1. The first kappa shape index (κ1) is 17.0. The second-order valence-electron chi connectivity index (χ2n) is 4.71. The summed E-state index contributed by atoms with van der Waals surface area (Å²) < 4.78 is 40.1. The number of aryl methyl sites for hydroxylation is 2. The fourth-order valence-electron chi connectivity index (χ4n) is 2.00. The van der Waals surface area contributed by atoms with Crippen molar-refractivity contribution in [3.63, 3.8) is 0 Å². The third kappa shape index (κ3) is 3.97. The zero-order chi connectivity index (χ0) is 15.5. The minimum Gasteiger partial charge on any atom is -0.392 e.